The van der Waals surface area contributed by atoms with Crippen LogP contribution in [0.25, 0.3) is 6.08 Å². The van der Waals surface area contributed by atoms with Crippen molar-refractivity contribution in [1.82, 2.24) is 4.90 Å². The molecule has 0 aliphatic heterocycles. The van der Waals surface area contributed by atoms with Crippen LogP contribution in [0.1, 0.15) is 28.8 Å². The highest BCUT2D eigenvalue weighted by Crippen LogP contribution is 2.35. The molecule has 1 aliphatic carbocycles. The van der Waals surface area contributed by atoms with Gasteiger partial charge in [0, 0.05) is 17.0 Å². The molecular formula is C18H15ClF3NOS. The molecule has 0 N–H and O–H groups in total. The zero-order valence-corrected chi connectivity index (χ0v) is 14.7. The molecule has 0 atom stereocenters. The highest BCUT2D eigenvalue weighted by atomic mass is 35.5. The van der Waals surface area contributed by atoms with Crippen LogP contribution in [0.4, 0.5) is 13.2 Å². The van der Waals surface area contributed by atoms with Crippen molar-refractivity contribution < 1.29 is 18.0 Å². The van der Waals surface area contributed by atoms with Gasteiger partial charge in [-0.15, -0.1) is 11.3 Å². The highest BCUT2D eigenvalue weighted by Gasteiger charge is 2.33. The molecule has 1 saturated carbocycles. The fraction of sp³-hybridized carbons (Fsp3) is 0.278. The summed E-state index contributed by atoms with van der Waals surface area (Å²) in [6.45, 7) is 0.528. The number of nitrogens with zero attached hydrogens (tertiary/aromatic N) is 1. The fourth-order valence-electron chi connectivity index (χ4n) is 2.47. The smallest absolute Gasteiger partial charge is 0.331 e. The lowest BCUT2D eigenvalue weighted by molar-refractivity contribution is -0.137. The first kappa shape index (κ1) is 18.0. The lowest BCUT2D eigenvalue weighted by Gasteiger charge is -2.20. The topological polar surface area (TPSA) is 20.3 Å². The molecule has 0 spiro atoms. The first-order chi connectivity index (χ1) is 11.8. The molecule has 1 fully saturated rings. The van der Waals surface area contributed by atoms with E-state index < -0.39 is 11.7 Å². The molecule has 1 heterocycles. The molecule has 0 saturated heterocycles. The SMILES string of the molecule is O=C(/C=C/c1ccc(Cl)c(C(F)(F)F)c1)N(Cc1cccs1)C1CC1. The van der Waals surface area contributed by atoms with Crippen molar-refractivity contribution in [2.24, 2.45) is 0 Å². The number of carbonyl (C=O) groups is 1. The van der Waals surface area contributed by atoms with E-state index in [0.29, 0.717) is 6.54 Å². The molecule has 132 valence electrons. The number of carbonyl (C=O) groups excluding carboxylic acids is 1. The minimum Gasteiger partial charge on any atom is -0.331 e. The zero-order valence-electron chi connectivity index (χ0n) is 13.1. The Morgan fingerprint density at radius 3 is 2.68 bits per heavy atom. The Labute approximate surface area is 152 Å². The number of hydrogen-bond acceptors (Lipinski definition) is 2. The van der Waals surface area contributed by atoms with Crippen molar-refractivity contribution in [3.05, 3.63) is 62.8 Å². The lowest BCUT2D eigenvalue weighted by Crippen LogP contribution is -2.30. The molecule has 0 unspecified atom stereocenters. The summed E-state index contributed by atoms with van der Waals surface area (Å²) in [5.74, 6) is -0.195. The molecule has 1 aromatic carbocycles. The van der Waals surface area contributed by atoms with Gasteiger partial charge in [0.25, 0.3) is 0 Å². The van der Waals surface area contributed by atoms with Gasteiger partial charge in [-0.1, -0.05) is 23.7 Å². The van der Waals surface area contributed by atoms with Gasteiger partial charge in [-0.2, -0.15) is 13.2 Å². The Balaban J connectivity index is 1.75. The Morgan fingerprint density at radius 2 is 2.08 bits per heavy atom. The molecule has 2 nitrogen and oxygen atoms in total. The summed E-state index contributed by atoms with van der Waals surface area (Å²) >= 11 is 7.18. The van der Waals surface area contributed by atoms with E-state index >= 15 is 0 Å². The van der Waals surface area contributed by atoms with Gasteiger partial charge in [-0.05, 0) is 48.1 Å². The molecule has 2 aromatic rings. The van der Waals surface area contributed by atoms with Crippen LogP contribution in [0, 0.1) is 0 Å². The van der Waals surface area contributed by atoms with Gasteiger partial charge in [0.05, 0.1) is 17.1 Å². The quantitative estimate of drug-likeness (QED) is 0.611. The number of benzene rings is 1. The van der Waals surface area contributed by atoms with E-state index in [-0.39, 0.29) is 22.5 Å². The van der Waals surface area contributed by atoms with Gasteiger partial charge in [0.15, 0.2) is 0 Å². The maximum atomic E-state index is 12.9. The molecule has 25 heavy (non-hydrogen) atoms. The van der Waals surface area contributed by atoms with Gasteiger partial charge in [0.1, 0.15) is 0 Å². The average molecular weight is 386 g/mol. The summed E-state index contributed by atoms with van der Waals surface area (Å²) < 4.78 is 38.7. The molecule has 1 amide bonds. The summed E-state index contributed by atoms with van der Waals surface area (Å²) in [7, 11) is 0. The molecule has 0 radical (unpaired) electrons. The number of thiophene rings is 1. The average Bonchev–Trinajstić information content (AvgIpc) is 3.26. The van der Waals surface area contributed by atoms with Gasteiger partial charge in [-0.3, -0.25) is 4.79 Å². The minimum atomic E-state index is -4.52. The number of alkyl halides is 3. The number of halogens is 4. The number of rotatable bonds is 5. The van der Waals surface area contributed by atoms with E-state index in [1.807, 2.05) is 17.5 Å². The number of amides is 1. The van der Waals surface area contributed by atoms with Gasteiger partial charge >= 0.3 is 6.18 Å². The second-order valence-electron chi connectivity index (χ2n) is 5.85. The van der Waals surface area contributed by atoms with Gasteiger partial charge in [0.2, 0.25) is 5.91 Å². The van der Waals surface area contributed by atoms with Crippen molar-refractivity contribution in [2.45, 2.75) is 31.6 Å². The zero-order chi connectivity index (χ0) is 18.0. The standard InChI is InChI=1S/C18H15ClF3NOS/c19-16-7-3-12(10-15(16)18(20,21)22)4-8-17(24)23(13-5-6-13)11-14-2-1-9-25-14/h1-4,7-10,13H,5-6,11H2/b8-4+. The van der Waals surface area contributed by atoms with Crippen LogP contribution in [0.15, 0.2) is 41.8 Å². The Hall–Kier alpha value is -1.79. The van der Waals surface area contributed by atoms with Crippen molar-refractivity contribution in [3.8, 4) is 0 Å². The molecule has 1 aromatic heterocycles. The second-order valence-corrected chi connectivity index (χ2v) is 7.29. The Bertz CT molecular complexity index is 782. The van der Waals surface area contributed by atoms with E-state index in [0.717, 1.165) is 23.8 Å². The molecule has 0 bridgehead atoms. The predicted octanol–water partition coefficient (Wildman–Crippen LogP) is 5.62. The fourth-order valence-corrected chi connectivity index (χ4v) is 3.40. The maximum Gasteiger partial charge on any atom is 0.417 e. The van der Waals surface area contributed by atoms with Crippen LogP contribution < -0.4 is 0 Å². The largest absolute Gasteiger partial charge is 0.417 e. The summed E-state index contributed by atoms with van der Waals surface area (Å²) in [6.07, 6.45) is 0.130. The lowest BCUT2D eigenvalue weighted by atomic mass is 10.1. The van der Waals surface area contributed by atoms with Crippen LogP contribution in [-0.4, -0.2) is 16.8 Å². The van der Waals surface area contributed by atoms with E-state index in [9.17, 15) is 18.0 Å². The van der Waals surface area contributed by atoms with Crippen LogP contribution >= 0.6 is 22.9 Å². The molecule has 3 rings (SSSR count). The van der Waals surface area contributed by atoms with E-state index in [1.165, 1.54) is 24.3 Å². The third kappa shape index (κ3) is 4.64. The monoisotopic (exact) mass is 385 g/mol. The van der Waals surface area contributed by atoms with Crippen molar-refractivity contribution in [1.29, 1.82) is 0 Å². The maximum absolute atomic E-state index is 12.9. The third-order valence-corrected chi connectivity index (χ3v) is 5.08. The van der Waals surface area contributed by atoms with Crippen molar-refractivity contribution in [3.63, 3.8) is 0 Å². The summed E-state index contributed by atoms with van der Waals surface area (Å²) in [5, 5.41) is 1.60. The Morgan fingerprint density at radius 1 is 1.32 bits per heavy atom. The predicted molar refractivity (Wildman–Crippen MR) is 93.4 cm³/mol. The summed E-state index contributed by atoms with van der Waals surface area (Å²) in [6, 6.07) is 7.72. The molecule has 1 aliphatic rings. The first-order valence-electron chi connectivity index (χ1n) is 7.72. The highest BCUT2D eigenvalue weighted by molar-refractivity contribution is 7.09. The van der Waals surface area contributed by atoms with E-state index in [2.05, 4.69) is 0 Å². The van der Waals surface area contributed by atoms with Gasteiger partial charge in [-0.25, -0.2) is 0 Å². The summed E-state index contributed by atoms with van der Waals surface area (Å²) in [4.78, 5) is 15.3. The van der Waals surface area contributed by atoms with E-state index in [1.54, 1.807) is 16.2 Å². The van der Waals surface area contributed by atoms with Crippen LogP contribution in [-0.2, 0) is 17.5 Å². The summed E-state index contributed by atoms with van der Waals surface area (Å²) in [5.41, 5.74) is -0.613. The van der Waals surface area contributed by atoms with Crippen LogP contribution in [0.2, 0.25) is 5.02 Å². The van der Waals surface area contributed by atoms with Crippen LogP contribution in [0.5, 0.6) is 0 Å². The molecular weight excluding hydrogens is 371 g/mol. The normalized spacial score (nSPS) is 14.9. The van der Waals surface area contributed by atoms with E-state index in [4.69, 9.17) is 11.6 Å². The second kappa shape index (κ2) is 7.22. The number of hydrogen-bond donors (Lipinski definition) is 0. The van der Waals surface area contributed by atoms with Crippen molar-refractivity contribution in [2.75, 3.05) is 0 Å². The Kier molecular flexibility index (Phi) is 5.20. The minimum absolute atomic E-state index is 0.195. The van der Waals surface area contributed by atoms with Crippen molar-refractivity contribution >= 4 is 34.9 Å². The third-order valence-electron chi connectivity index (χ3n) is 3.89. The first-order valence-corrected chi connectivity index (χ1v) is 8.98. The van der Waals surface area contributed by atoms with Crippen LogP contribution in [0.3, 0.4) is 0 Å². The molecule has 7 heteroatoms. The van der Waals surface area contributed by atoms with Gasteiger partial charge < -0.3 is 4.90 Å².